The molecule has 5 aliphatic carbocycles. The van der Waals surface area contributed by atoms with Crippen molar-refractivity contribution in [2.75, 3.05) is 0 Å². The van der Waals surface area contributed by atoms with Gasteiger partial charge in [0.2, 0.25) is 0 Å². The Morgan fingerprint density at radius 3 is 2.24 bits per heavy atom. The van der Waals surface area contributed by atoms with Crippen molar-refractivity contribution in [3.8, 4) is 0 Å². The van der Waals surface area contributed by atoms with Gasteiger partial charge in [0, 0.05) is 12.8 Å². The van der Waals surface area contributed by atoms with Gasteiger partial charge in [0.1, 0.15) is 11.5 Å². The van der Waals surface area contributed by atoms with Crippen molar-refractivity contribution in [2.24, 2.45) is 56.7 Å². The maximum absolute atomic E-state index is 14.4. The molecule has 0 saturated heterocycles. The zero-order valence-corrected chi connectivity index (χ0v) is 24.3. The van der Waals surface area contributed by atoms with Crippen LogP contribution in [-0.4, -0.2) is 28.9 Å². The van der Waals surface area contributed by atoms with Crippen LogP contribution in [0.25, 0.3) is 0 Å². The molecule has 0 aromatic carbocycles. The number of hydrogen-bond donors (Lipinski definition) is 1. The molecule has 37 heavy (non-hydrogen) atoms. The first kappa shape index (κ1) is 26.9. The Morgan fingerprint density at radius 2 is 1.62 bits per heavy atom. The standard InChI is InChI=1S/C32H48O5/c1-18-9-12-28(4)15-16-30(6)21(25(28)19(18)2)17-22(34)26-29(5)13-11-24(37-20(3)33)32(8,27(35)36)23(29)10-14-31(26,30)7/h17-19,23-26H,9-16H2,1-8H3,(H,35,36)/t18-,19+,23?,24-,25+,26-,28-,29+,30-,31-,32-/m1/s1. The lowest BCUT2D eigenvalue weighted by Crippen LogP contribution is -2.68. The minimum absolute atomic E-state index is 0.0680. The van der Waals surface area contributed by atoms with Crippen molar-refractivity contribution in [1.29, 1.82) is 0 Å². The Morgan fingerprint density at radius 1 is 0.946 bits per heavy atom. The van der Waals surface area contributed by atoms with E-state index in [2.05, 4.69) is 47.6 Å². The molecule has 0 radical (unpaired) electrons. The number of carbonyl (C=O) groups excluding carboxylic acids is 2. The van der Waals surface area contributed by atoms with Crippen LogP contribution in [0.4, 0.5) is 0 Å². The average molecular weight is 513 g/mol. The lowest BCUT2D eigenvalue weighted by Gasteiger charge is -2.70. The van der Waals surface area contributed by atoms with Crippen LogP contribution in [0.1, 0.15) is 107 Å². The molecular weight excluding hydrogens is 464 g/mol. The summed E-state index contributed by atoms with van der Waals surface area (Å²) in [6, 6.07) is 0. The third-order valence-corrected chi connectivity index (χ3v) is 13.5. The van der Waals surface area contributed by atoms with Crippen molar-refractivity contribution in [3.63, 3.8) is 0 Å². The molecule has 5 aliphatic rings. The molecule has 1 N–H and O–H groups in total. The minimum atomic E-state index is -1.20. The van der Waals surface area contributed by atoms with E-state index in [1.807, 2.05) is 0 Å². The third-order valence-electron chi connectivity index (χ3n) is 13.5. The summed E-state index contributed by atoms with van der Waals surface area (Å²) in [7, 11) is 0. The highest BCUT2D eigenvalue weighted by atomic mass is 16.5. The summed E-state index contributed by atoms with van der Waals surface area (Å²) in [5.41, 5.74) is -0.280. The van der Waals surface area contributed by atoms with Crippen LogP contribution < -0.4 is 0 Å². The molecule has 0 bridgehead atoms. The van der Waals surface area contributed by atoms with Gasteiger partial charge in [-0.15, -0.1) is 0 Å². The maximum Gasteiger partial charge on any atom is 0.313 e. The van der Waals surface area contributed by atoms with E-state index in [1.165, 1.54) is 31.8 Å². The number of fused-ring (bicyclic) bond motifs is 7. The number of allylic oxidation sites excluding steroid dienone is 2. The molecule has 5 nitrogen and oxygen atoms in total. The van der Waals surface area contributed by atoms with Crippen LogP contribution in [0.3, 0.4) is 0 Å². The van der Waals surface area contributed by atoms with E-state index in [4.69, 9.17) is 4.74 Å². The van der Waals surface area contributed by atoms with Gasteiger partial charge in [-0.25, -0.2) is 0 Å². The van der Waals surface area contributed by atoms with Gasteiger partial charge in [-0.2, -0.15) is 0 Å². The van der Waals surface area contributed by atoms with E-state index in [9.17, 15) is 19.5 Å². The van der Waals surface area contributed by atoms with Gasteiger partial charge in [-0.05, 0) is 110 Å². The molecule has 5 heteroatoms. The Labute approximate surface area is 223 Å². The monoisotopic (exact) mass is 512 g/mol. The van der Waals surface area contributed by atoms with Crippen molar-refractivity contribution in [1.82, 2.24) is 0 Å². The third kappa shape index (κ3) is 3.30. The second kappa shape index (κ2) is 8.18. The molecule has 4 saturated carbocycles. The van der Waals surface area contributed by atoms with E-state index in [0.717, 1.165) is 19.3 Å². The summed E-state index contributed by atoms with van der Waals surface area (Å²) in [6.45, 7) is 17.4. The van der Waals surface area contributed by atoms with Crippen molar-refractivity contribution >= 4 is 17.7 Å². The van der Waals surface area contributed by atoms with E-state index < -0.39 is 28.9 Å². The molecule has 0 aliphatic heterocycles. The molecule has 1 unspecified atom stereocenters. The number of aliphatic carboxylic acids is 1. The fourth-order valence-corrected chi connectivity index (χ4v) is 11.0. The first-order valence-corrected chi connectivity index (χ1v) is 14.7. The molecule has 4 fully saturated rings. The van der Waals surface area contributed by atoms with Crippen molar-refractivity contribution < 1.29 is 24.2 Å². The summed E-state index contributed by atoms with van der Waals surface area (Å²) in [5.74, 6) is 0.0756. The molecule has 5 rings (SSSR count). The van der Waals surface area contributed by atoms with Crippen LogP contribution >= 0.6 is 0 Å². The summed E-state index contributed by atoms with van der Waals surface area (Å²) in [6.07, 6.45) is 8.96. The van der Waals surface area contributed by atoms with Gasteiger partial charge < -0.3 is 9.84 Å². The number of ether oxygens (including phenoxy) is 1. The van der Waals surface area contributed by atoms with Gasteiger partial charge in [0.25, 0.3) is 0 Å². The zero-order valence-electron chi connectivity index (χ0n) is 24.3. The zero-order chi connectivity index (χ0) is 27.3. The number of ketones is 1. The maximum atomic E-state index is 14.4. The fraction of sp³-hybridized carbons (Fsp3) is 0.844. The number of esters is 1. The smallest absolute Gasteiger partial charge is 0.313 e. The van der Waals surface area contributed by atoms with E-state index in [-0.39, 0.29) is 33.9 Å². The molecule has 0 aromatic rings. The second-order valence-electron chi connectivity index (χ2n) is 15.0. The minimum Gasteiger partial charge on any atom is -0.481 e. The van der Waals surface area contributed by atoms with Crippen LogP contribution in [0.2, 0.25) is 0 Å². The molecular formula is C32H48O5. The highest BCUT2D eigenvalue weighted by Crippen LogP contribution is 2.75. The first-order valence-electron chi connectivity index (χ1n) is 14.7. The lowest BCUT2D eigenvalue weighted by atomic mass is 9.33. The van der Waals surface area contributed by atoms with Crippen molar-refractivity contribution in [3.05, 3.63) is 11.6 Å². The van der Waals surface area contributed by atoms with E-state index in [1.54, 1.807) is 6.92 Å². The fourth-order valence-electron chi connectivity index (χ4n) is 11.0. The molecule has 0 spiro atoms. The van der Waals surface area contributed by atoms with E-state index in [0.29, 0.717) is 30.6 Å². The predicted molar refractivity (Wildman–Crippen MR) is 143 cm³/mol. The summed E-state index contributed by atoms with van der Waals surface area (Å²) in [5, 5.41) is 10.5. The number of carboxylic acids is 1. The highest BCUT2D eigenvalue weighted by Gasteiger charge is 2.72. The number of carbonyl (C=O) groups is 3. The summed E-state index contributed by atoms with van der Waals surface area (Å²) < 4.78 is 5.63. The lowest BCUT2D eigenvalue weighted by molar-refractivity contribution is -0.220. The first-order chi connectivity index (χ1) is 17.1. The quantitative estimate of drug-likeness (QED) is 0.410. The van der Waals surface area contributed by atoms with Crippen LogP contribution in [0.15, 0.2) is 11.6 Å². The van der Waals surface area contributed by atoms with Crippen LogP contribution in [-0.2, 0) is 19.1 Å². The van der Waals surface area contributed by atoms with Crippen LogP contribution in [0.5, 0.6) is 0 Å². The molecule has 206 valence electrons. The number of carboxylic acid groups (broad SMARTS) is 1. The normalized spacial score (nSPS) is 53.1. The Bertz CT molecular complexity index is 1060. The Kier molecular flexibility index (Phi) is 5.95. The Hall–Kier alpha value is -1.65. The van der Waals surface area contributed by atoms with Gasteiger partial charge in [-0.1, -0.05) is 47.1 Å². The highest BCUT2D eigenvalue weighted by molar-refractivity contribution is 5.96. The van der Waals surface area contributed by atoms with Gasteiger partial charge in [0.05, 0.1) is 0 Å². The van der Waals surface area contributed by atoms with Gasteiger partial charge in [-0.3, -0.25) is 14.4 Å². The number of rotatable bonds is 2. The SMILES string of the molecule is CC(=O)O[C@@H]1CC[C@@]2(C)C(CC[C@]3(C)[C@@H]2C(=O)C=C2[C@@H]4[C@@H](C)[C@H](C)CC[C@]4(C)CC[C@]23C)[C@@]1(C)C(=O)O. The molecule has 11 atom stereocenters. The second-order valence-corrected chi connectivity index (χ2v) is 15.0. The average Bonchev–Trinajstić information content (AvgIpc) is 2.79. The Balaban J connectivity index is 1.62. The largest absolute Gasteiger partial charge is 0.481 e. The van der Waals surface area contributed by atoms with Gasteiger partial charge >= 0.3 is 11.9 Å². The van der Waals surface area contributed by atoms with Crippen molar-refractivity contribution in [2.45, 2.75) is 113 Å². The molecule has 0 heterocycles. The predicted octanol–water partition coefficient (Wildman–Crippen LogP) is 6.84. The number of hydrogen-bond acceptors (Lipinski definition) is 4. The molecule has 0 amide bonds. The summed E-state index contributed by atoms with van der Waals surface area (Å²) >= 11 is 0. The van der Waals surface area contributed by atoms with Crippen LogP contribution in [0, 0.1) is 56.7 Å². The summed E-state index contributed by atoms with van der Waals surface area (Å²) in [4.78, 5) is 39.1. The van der Waals surface area contributed by atoms with E-state index >= 15 is 0 Å². The molecule has 0 aromatic heterocycles. The topological polar surface area (TPSA) is 80.7 Å². The van der Waals surface area contributed by atoms with Gasteiger partial charge in [0.15, 0.2) is 5.78 Å².